The van der Waals surface area contributed by atoms with E-state index < -0.39 is 6.67 Å². The van der Waals surface area contributed by atoms with Crippen LogP contribution in [0.1, 0.15) is 25.0 Å². The van der Waals surface area contributed by atoms with E-state index >= 15 is 0 Å². The third kappa shape index (κ3) is 3.04. The number of fused-ring (bicyclic) bond motifs is 2. The van der Waals surface area contributed by atoms with Crippen LogP contribution < -0.4 is 5.32 Å². The van der Waals surface area contributed by atoms with Crippen molar-refractivity contribution < 1.29 is 4.39 Å². The van der Waals surface area contributed by atoms with Gasteiger partial charge in [-0.05, 0) is 31.5 Å². The Bertz CT molecular complexity index is 1240. The maximum atomic E-state index is 13.0. The molecular formula is C20H19FN8. The summed E-state index contributed by atoms with van der Waals surface area (Å²) in [5.41, 5.74) is 5.96. The van der Waals surface area contributed by atoms with Gasteiger partial charge in [0.2, 0.25) is 5.95 Å². The normalized spacial score (nSPS) is 15.6. The van der Waals surface area contributed by atoms with E-state index in [1.165, 1.54) is 0 Å². The number of alkyl halides is 1. The van der Waals surface area contributed by atoms with Crippen LogP contribution in [0.15, 0.2) is 48.0 Å². The molecular weight excluding hydrogens is 371 g/mol. The van der Waals surface area contributed by atoms with Gasteiger partial charge in [0.15, 0.2) is 0 Å². The number of aromatic nitrogens is 6. The third-order valence-electron chi connectivity index (χ3n) is 5.09. The zero-order valence-corrected chi connectivity index (χ0v) is 16.0. The Morgan fingerprint density at radius 3 is 2.90 bits per heavy atom. The van der Waals surface area contributed by atoms with Gasteiger partial charge < -0.3 is 5.32 Å². The van der Waals surface area contributed by atoms with Crippen LogP contribution in [0.2, 0.25) is 0 Å². The van der Waals surface area contributed by atoms with Crippen molar-refractivity contribution in [1.29, 1.82) is 0 Å². The van der Waals surface area contributed by atoms with E-state index in [9.17, 15) is 4.39 Å². The molecule has 0 aliphatic carbocycles. The van der Waals surface area contributed by atoms with Crippen LogP contribution in [-0.2, 0) is 7.05 Å². The smallest absolute Gasteiger partial charge is 0.245 e. The van der Waals surface area contributed by atoms with Crippen molar-refractivity contribution in [1.82, 2.24) is 29.4 Å². The molecule has 1 atom stereocenters. The van der Waals surface area contributed by atoms with Crippen LogP contribution in [0.3, 0.4) is 0 Å². The number of aliphatic imine (C=N–C) groups is 1. The number of anilines is 2. The first kappa shape index (κ1) is 17.5. The zero-order valence-electron chi connectivity index (χ0n) is 16.0. The molecule has 1 unspecified atom stereocenters. The molecule has 0 aromatic carbocycles. The Morgan fingerprint density at radius 2 is 2.10 bits per heavy atom. The van der Waals surface area contributed by atoms with Crippen molar-refractivity contribution in [3.8, 4) is 11.3 Å². The summed E-state index contributed by atoms with van der Waals surface area (Å²) in [5.74, 6) is 0.414. The van der Waals surface area contributed by atoms with Crippen LogP contribution in [0, 0.1) is 0 Å². The standard InChI is InChI=1S/C20H19FN8/c1-12-14(5-7-21)19-17(24-12)4-3-16(26-19)15-6-8-29-18(15)10-22-20(27-29)25-13-9-23-28(2)11-13/h3-4,6,8-11,14H,5,7H2,1-2H3,(H,25,27). The van der Waals surface area contributed by atoms with Crippen LogP contribution >= 0.6 is 0 Å². The fourth-order valence-electron chi connectivity index (χ4n) is 3.68. The molecule has 5 heterocycles. The Kier molecular flexibility index (Phi) is 4.08. The highest BCUT2D eigenvalue weighted by atomic mass is 19.1. The molecule has 1 aliphatic heterocycles. The largest absolute Gasteiger partial charge is 0.320 e. The third-order valence-corrected chi connectivity index (χ3v) is 5.09. The summed E-state index contributed by atoms with van der Waals surface area (Å²) in [7, 11) is 1.85. The highest BCUT2D eigenvalue weighted by molar-refractivity contribution is 5.96. The van der Waals surface area contributed by atoms with Crippen molar-refractivity contribution in [3.05, 3.63) is 48.7 Å². The molecule has 9 heteroatoms. The number of rotatable bonds is 5. The van der Waals surface area contributed by atoms with Crippen molar-refractivity contribution in [2.24, 2.45) is 12.0 Å². The first-order valence-corrected chi connectivity index (χ1v) is 9.35. The zero-order chi connectivity index (χ0) is 20.0. The summed E-state index contributed by atoms with van der Waals surface area (Å²) in [6.07, 6.45) is 7.59. The molecule has 0 fully saturated rings. The number of nitrogens with zero attached hydrogens (tertiary/aromatic N) is 7. The first-order chi connectivity index (χ1) is 14.1. The predicted molar refractivity (Wildman–Crippen MR) is 109 cm³/mol. The molecule has 29 heavy (non-hydrogen) atoms. The molecule has 5 rings (SSSR count). The van der Waals surface area contributed by atoms with E-state index in [2.05, 4.69) is 25.5 Å². The minimum atomic E-state index is -0.390. The summed E-state index contributed by atoms with van der Waals surface area (Å²) in [6.45, 7) is 1.54. The quantitative estimate of drug-likeness (QED) is 0.560. The second kappa shape index (κ2) is 6.77. The Hall–Kier alpha value is -3.62. The highest BCUT2D eigenvalue weighted by Gasteiger charge is 2.26. The number of nitrogens with one attached hydrogen (secondary N) is 1. The maximum Gasteiger partial charge on any atom is 0.245 e. The van der Waals surface area contributed by atoms with Gasteiger partial charge in [0, 0.05) is 36.6 Å². The van der Waals surface area contributed by atoms with Crippen LogP contribution in [-0.4, -0.2) is 41.7 Å². The average molecular weight is 390 g/mol. The van der Waals surface area contributed by atoms with Crippen LogP contribution in [0.25, 0.3) is 16.8 Å². The first-order valence-electron chi connectivity index (χ1n) is 9.35. The molecule has 8 nitrogen and oxygen atoms in total. The summed E-state index contributed by atoms with van der Waals surface area (Å²) in [4.78, 5) is 13.8. The molecule has 4 aromatic rings. The molecule has 0 bridgehead atoms. The fourth-order valence-corrected chi connectivity index (χ4v) is 3.68. The number of pyridine rings is 1. The number of hydrogen-bond acceptors (Lipinski definition) is 6. The van der Waals surface area contributed by atoms with E-state index in [-0.39, 0.29) is 5.92 Å². The second-order valence-corrected chi connectivity index (χ2v) is 7.05. The lowest BCUT2D eigenvalue weighted by Gasteiger charge is -2.10. The van der Waals surface area contributed by atoms with Gasteiger partial charge in [-0.15, -0.1) is 5.10 Å². The Labute approximate surface area is 166 Å². The van der Waals surface area contributed by atoms with Gasteiger partial charge in [-0.3, -0.25) is 14.1 Å². The topological polar surface area (TPSA) is 85.3 Å². The minimum Gasteiger partial charge on any atom is -0.320 e. The molecule has 146 valence electrons. The highest BCUT2D eigenvalue weighted by Crippen LogP contribution is 2.38. The predicted octanol–water partition coefficient (Wildman–Crippen LogP) is 3.82. The SMILES string of the molecule is CC1=Nc2ccc(-c3ccn4nc(Nc5cnn(C)c5)ncc34)nc2C1CCF. The van der Waals surface area contributed by atoms with E-state index in [0.717, 1.165) is 39.6 Å². The van der Waals surface area contributed by atoms with Crippen LogP contribution in [0.4, 0.5) is 21.7 Å². The Balaban J connectivity index is 1.49. The summed E-state index contributed by atoms with van der Waals surface area (Å²) >= 11 is 0. The number of hydrogen-bond donors (Lipinski definition) is 1. The summed E-state index contributed by atoms with van der Waals surface area (Å²) in [6, 6.07) is 5.84. The molecule has 4 aromatic heterocycles. The fraction of sp³-hybridized carbons (Fsp3) is 0.250. The van der Waals surface area contributed by atoms with Gasteiger partial charge >= 0.3 is 0 Å². The monoisotopic (exact) mass is 390 g/mol. The molecule has 0 spiro atoms. The molecule has 1 N–H and O–H groups in total. The number of halogens is 1. The van der Waals surface area contributed by atoms with E-state index in [0.29, 0.717) is 12.4 Å². The van der Waals surface area contributed by atoms with Crippen molar-refractivity contribution in [2.45, 2.75) is 19.3 Å². The molecule has 0 radical (unpaired) electrons. The Morgan fingerprint density at radius 1 is 1.21 bits per heavy atom. The average Bonchev–Trinajstić information content (AvgIpc) is 3.39. The van der Waals surface area contributed by atoms with Gasteiger partial charge in [-0.1, -0.05) is 0 Å². The van der Waals surface area contributed by atoms with Crippen molar-refractivity contribution in [2.75, 3.05) is 12.0 Å². The lowest BCUT2D eigenvalue weighted by molar-refractivity contribution is 0.463. The van der Waals surface area contributed by atoms with E-state index in [4.69, 9.17) is 4.98 Å². The van der Waals surface area contributed by atoms with E-state index in [1.54, 1.807) is 21.6 Å². The molecule has 1 aliphatic rings. The lowest BCUT2D eigenvalue weighted by Crippen LogP contribution is -2.07. The minimum absolute atomic E-state index is 0.0598. The van der Waals surface area contributed by atoms with E-state index in [1.807, 2.05) is 44.6 Å². The number of aryl methyl sites for hydroxylation is 1. The summed E-state index contributed by atoms with van der Waals surface area (Å²) in [5, 5.41) is 11.8. The van der Waals surface area contributed by atoms with Gasteiger partial charge in [0.1, 0.15) is 0 Å². The lowest BCUT2D eigenvalue weighted by atomic mass is 9.98. The van der Waals surface area contributed by atoms with Crippen LogP contribution in [0.5, 0.6) is 0 Å². The molecule has 0 amide bonds. The maximum absolute atomic E-state index is 13.0. The second-order valence-electron chi connectivity index (χ2n) is 7.05. The van der Waals surface area contributed by atoms with Gasteiger partial charge in [0.25, 0.3) is 0 Å². The van der Waals surface area contributed by atoms with Gasteiger partial charge in [-0.25, -0.2) is 14.5 Å². The van der Waals surface area contributed by atoms with Crippen molar-refractivity contribution >= 4 is 28.6 Å². The van der Waals surface area contributed by atoms with Gasteiger partial charge in [0.05, 0.1) is 47.3 Å². The molecule has 0 saturated carbocycles. The molecule has 0 saturated heterocycles. The summed E-state index contributed by atoms with van der Waals surface area (Å²) < 4.78 is 16.4. The van der Waals surface area contributed by atoms with Gasteiger partial charge in [-0.2, -0.15) is 5.10 Å². The van der Waals surface area contributed by atoms with Crippen molar-refractivity contribution in [3.63, 3.8) is 0 Å².